The third-order valence-electron chi connectivity index (χ3n) is 5.41. The highest BCUT2D eigenvalue weighted by molar-refractivity contribution is 14.0. The van der Waals surface area contributed by atoms with Crippen LogP contribution in [0.25, 0.3) is 5.65 Å². The molecule has 0 spiro atoms. The molecule has 1 aromatic carbocycles. The third-order valence-corrected chi connectivity index (χ3v) is 5.41. The van der Waals surface area contributed by atoms with Gasteiger partial charge in [-0.1, -0.05) is 12.1 Å². The monoisotopic (exact) mass is 558 g/mol. The summed E-state index contributed by atoms with van der Waals surface area (Å²) < 4.78 is 41.0. The first kappa shape index (κ1) is 24.1. The number of hydrogen-bond acceptors (Lipinski definition) is 3. The van der Waals surface area contributed by atoms with Gasteiger partial charge < -0.3 is 19.5 Å². The summed E-state index contributed by atoms with van der Waals surface area (Å²) in [6.07, 6.45) is 0.436. The number of nitrogens with one attached hydrogen (secondary N) is 1. The summed E-state index contributed by atoms with van der Waals surface area (Å²) >= 11 is 0. The Balaban J connectivity index is 0.00000289. The second-order valence-electron chi connectivity index (χ2n) is 7.44. The van der Waals surface area contributed by atoms with E-state index in [1.165, 1.54) is 12.1 Å². The Bertz CT molecular complexity index is 1020. The molecule has 1 saturated heterocycles. The van der Waals surface area contributed by atoms with Crippen LogP contribution >= 0.6 is 24.0 Å². The molecule has 172 valence electrons. The largest absolute Gasteiger partial charge is 0.416 e. The van der Waals surface area contributed by atoms with Gasteiger partial charge in [0.05, 0.1) is 11.3 Å². The predicted octanol–water partition coefficient (Wildman–Crippen LogP) is 3.91. The normalized spacial score (nSPS) is 15.1. The van der Waals surface area contributed by atoms with Gasteiger partial charge in [-0.2, -0.15) is 13.2 Å². The van der Waals surface area contributed by atoms with Crippen molar-refractivity contribution in [2.24, 2.45) is 4.99 Å². The first-order chi connectivity index (χ1) is 14.9. The molecule has 32 heavy (non-hydrogen) atoms. The SMILES string of the molecule is CN=C(NCCc1cn2ccccc2n1)N1CCN(c2cccc(C(F)(F)F)c2)CC1.I. The molecule has 0 saturated carbocycles. The molecule has 0 aliphatic carbocycles. The van der Waals surface area contributed by atoms with Gasteiger partial charge in [0.15, 0.2) is 5.96 Å². The number of rotatable bonds is 4. The van der Waals surface area contributed by atoms with Crippen LogP contribution < -0.4 is 10.2 Å². The van der Waals surface area contributed by atoms with E-state index in [2.05, 4.69) is 20.2 Å². The van der Waals surface area contributed by atoms with Crippen LogP contribution in [0.5, 0.6) is 0 Å². The van der Waals surface area contributed by atoms with Crippen LogP contribution in [0, 0.1) is 0 Å². The molecule has 1 aliphatic heterocycles. The minimum absolute atomic E-state index is 0. The maximum absolute atomic E-state index is 13.0. The fourth-order valence-corrected chi connectivity index (χ4v) is 3.80. The summed E-state index contributed by atoms with van der Waals surface area (Å²) in [5.41, 5.74) is 1.91. The standard InChI is InChI=1S/C22H25F3N6.HI/c1-26-21(27-9-8-18-16-31-10-3-2-7-20(31)28-18)30-13-11-29(12-14-30)19-6-4-5-17(15-19)22(23,24)25;/h2-7,10,15-16H,8-9,11-14H2,1H3,(H,26,27);1H. The number of aliphatic imine (C=N–C) groups is 1. The van der Waals surface area contributed by atoms with E-state index in [4.69, 9.17) is 0 Å². The van der Waals surface area contributed by atoms with Gasteiger partial charge in [-0.25, -0.2) is 4.98 Å². The number of pyridine rings is 1. The first-order valence-electron chi connectivity index (χ1n) is 10.2. The Kier molecular flexibility index (Phi) is 7.86. The molecule has 1 fully saturated rings. The number of alkyl halides is 3. The fraction of sp³-hybridized carbons (Fsp3) is 0.364. The van der Waals surface area contributed by atoms with Gasteiger partial charge in [-0.05, 0) is 30.3 Å². The highest BCUT2D eigenvalue weighted by atomic mass is 127. The van der Waals surface area contributed by atoms with Crippen LogP contribution in [0.2, 0.25) is 0 Å². The number of hydrogen-bond donors (Lipinski definition) is 1. The molecule has 4 rings (SSSR count). The van der Waals surface area contributed by atoms with Gasteiger partial charge >= 0.3 is 6.18 Å². The van der Waals surface area contributed by atoms with Crippen molar-refractivity contribution in [3.63, 3.8) is 0 Å². The first-order valence-corrected chi connectivity index (χ1v) is 10.2. The Morgan fingerprint density at radius 3 is 2.56 bits per heavy atom. The molecule has 0 amide bonds. The van der Waals surface area contributed by atoms with Crippen molar-refractivity contribution < 1.29 is 13.2 Å². The van der Waals surface area contributed by atoms with E-state index in [1.807, 2.05) is 39.9 Å². The van der Waals surface area contributed by atoms with Crippen molar-refractivity contribution in [3.8, 4) is 0 Å². The quantitative estimate of drug-likeness (QED) is 0.300. The molecule has 2 aromatic heterocycles. The second kappa shape index (κ2) is 10.4. The van der Waals surface area contributed by atoms with E-state index in [9.17, 15) is 13.2 Å². The Labute approximate surface area is 202 Å². The molecular formula is C22H26F3IN6. The molecule has 1 N–H and O–H groups in total. The molecule has 0 unspecified atom stereocenters. The molecule has 3 heterocycles. The number of imidazole rings is 1. The highest BCUT2D eigenvalue weighted by Gasteiger charge is 2.31. The maximum Gasteiger partial charge on any atom is 0.416 e. The molecule has 3 aromatic rings. The zero-order valence-corrected chi connectivity index (χ0v) is 20.0. The number of anilines is 1. The summed E-state index contributed by atoms with van der Waals surface area (Å²) in [6.45, 7) is 3.34. The third kappa shape index (κ3) is 5.64. The highest BCUT2D eigenvalue weighted by Crippen LogP contribution is 2.31. The molecule has 6 nitrogen and oxygen atoms in total. The smallest absolute Gasteiger partial charge is 0.368 e. The lowest BCUT2D eigenvalue weighted by Crippen LogP contribution is -2.52. The van der Waals surface area contributed by atoms with Gasteiger partial charge in [0, 0.05) is 64.3 Å². The molecule has 0 atom stereocenters. The summed E-state index contributed by atoms with van der Waals surface area (Å²) in [7, 11) is 1.74. The lowest BCUT2D eigenvalue weighted by atomic mass is 10.1. The minimum Gasteiger partial charge on any atom is -0.368 e. The van der Waals surface area contributed by atoms with E-state index in [1.54, 1.807) is 13.1 Å². The van der Waals surface area contributed by atoms with Crippen molar-refractivity contribution in [1.82, 2.24) is 19.6 Å². The predicted molar refractivity (Wildman–Crippen MR) is 131 cm³/mol. The minimum atomic E-state index is -4.33. The zero-order valence-electron chi connectivity index (χ0n) is 17.7. The van der Waals surface area contributed by atoms with Crippen LogP contribution in [0.15, 0.2) is 59.9 Å². The van der Waals surface area contributed by atoms with Gasteiger partial charge in [-0.3, -0.25) is 4.99 Å². The number of aromatic nitrogens is 2. The zero-order chi connectivity index (χ0) is 21.8. The Hall–Kier alpha value is -2.50. The van der Waals surface area contributed by atoms with Crippen molar-refractivity contribution in [1.29, 1.82) is 0 Å². The number of piperazine rings is 1. The molecule has 1 aliphatic rings. The van der Waals surface area contributed by atoms with E-state index < -0.39 is 11.7 Å². The van der Waals surface area contributed by atoms with Crippen molar-refractivity contribution in [3.05, 3.63) is 66.1 Å². The lowest BCUT2D eigenvalue weighted by molar-refractivity contribution is -0.137. The van der Waals surface area contributed by atoms with Crippen molar-refractivity contribution in [2.75, 3.05) is 44.7 Å². The van der Waals surface area contributed by atoms with Crippen LogP contribution in [0.3, 0.4) is 0 Å². The maximum atomic E-state index is 13.0. The van der Waals surface area contributed by atoms with Gasteiger partial charge in [0.25, 0.3) is 0 Å². The second-order valence-corrected chi connectivity index (χ2v) is 7.44. The Morgan fingerprint density at radius 1 is 1.09 bits per heavy atom. The number of nitrogens with zero attached hydrogens (tertiary/aromatic N) is 5. The fourth-order valence-electron chi connectivity index (χ4n) is 3.80. The number of guanidine groups is 1. The van der Waals surface area contributed by atoms with E-state index in [0.717, 1.165) is 29.8 Å². The van der Waals surface area contributed by atoms with Gasteiger partial charge in [-0.15, -0.1) is 24.0 Å². The molecule has 0 bridgehead atoms. The van der Waals surface area contributed by atoms with E-state index in [0.29, 0.717) is 38.4 Å². The van der Waals surface area contributed by atoms with Crippen molar-refractivity contribution >= 4 is 41.3 Å². The number of fused-ring (bicyclic) bond motifs is 1. The topological polar surface area (TPSA) is 48.2 Å². The Morgan fingerprint density at radius 2 is 1.88 bits per heavy atom. The number of halogens is 4. The average molecular weight is 558 g/mol. The van der Waals surface area contributed by atoms with Gasteiger partial charge in [0.2, 0.25) is 0 Å². The van der Waals surface area contributed by atoms with Gasteiger partial charge in [0.1, 0.15) is 5.65 Å². The summed E-state index contributed by atoms with van der Waals surface area (Å²) in [6, 6.07) is 11.4. The van der Waals surface area contributed by atoms with Crippen LogP contribution in [0.4, 0.5) is 18.9 Å². The van der Waals surface area contributed by atoms with E-state index >= 15 is 0 Å². The molecular weight excluding hydrogens is 532 g/mol. The molecule has 10 heteroatoms. The van der Waals surface area contributed by atoms with Crippen LogP contribution in [0.1, 0.15) is 11.3 Å². The van der Waals surface area contributed by atoms with Crippen LogP contribution in [-0.4, -0.2) is 60.0 Å². The lowest BCUT2D eigenvalue weighted by Gasteiger charge is -2.37. The average Bonchev–Trinajstić information content (AvgIpc) is 3.19. The summed E-state index contributed by atoms with van der Waals surface area (Å²) in [5.74, 6) is 0.799. The summed E-state index contributed by atoms with van der Waals surface area (Å²) in [5, 5.41) is 3.37. The van der Waals surface area contributed by atoms with E-state index in [-0.39, 0.29) is 24.0 Å². The van der Waals surface area contributed by atoms with Crippen LogP contribution in [-0.2, 0) is 12.6 Å². The molecule has 0 radical (unpaired) electrons. The van der Waals surface area contributed by atoms with Crippen molar-refractivity contribution in [2.45, 2.75) is 12.6 Å². The summed E-state index contributed by atoms with van der Waals surface area (Å²) in [4.78, 5) is 13.1. The number of benzene rings is 1.